The highest BCUT2D eigenvalue weighted by Gasteiger charge is 2.38. The zero-order valence-corrected chi connectivity index (χ0v) is 15.9. The summed E-state index contributed by atoms with van der Waals surface area (Å²) in [5, 5.41) is 2.49. The summed E-state index contributed by atoms with van der Waals surface area (Å²) < 4.78 is 66.1. The minimum Gasteiger partial charge on any atom is -0.444 e. The molecule has 0 aliphatic carbocycles. The molecule has 1 amide bonds. The van der Waals surface area contributed by atoms with Crippen LogP contribution >= 0.6 is 0 Å². The van der Waals surface area contributed by atoms with Gasteiger partial charge in [0.2, 0.25) is 0 Å². The number of aromatic nitrogens is 1. The predicted molar refractivity (Wildman–Crippen MR) is 94.5 cm³/mol. The van der Waals surface area contributed by atoms with E-state index in [9.17, 15) is 18.0 Å². The first-order valence-electron chi connectivity index (χ1n) is 9.56. The SMILES string of the molecule is [2H]C([2H])(Nc1ccc(C(F)(F)F)cn1)[C@@H]1[C@H](C)O[C@H](C)CN1C(=O)OC(C)(C)C. The summed E-state index contributed by atoms with van der Waals surface area (Å²) in [6, 6.07) is 0.743. The molecule has 1 aromatic heterocycles. The van der Waals surface area contributed by atoms with E-state index in [0.717, 1.165) is 12.1 Å². The molecule has 0 radical (unpaired) electrons. The average Bonchev–Trinajstić information content (AvgIpc) is 2.51. The van der Waals surface area contributed by atoms with Crippen LogP contribution in [0.15, 0.2) is 18.3 Å². The van der Waals surface area contributed by atoms with Gasteiger partial charge in [0, 0.05) is 12.7 Å². The molecule has 1 aliphatic rings. The van der Waals surface area contributed by atoms with Crippen LogP contribution in [0.3, 0.4) is 0 Å². The van der Waals surface area contributed by atoms with E-state index in [4.69, 9.17) is 12.2 Å². The molecule has 27 heavy (non-hydrogen) atoms. The van der Waals surface area contributed by atoms with Crippen molar-refractivity contribution in [1.82, 2.24) is 9.88 Å². The van der Waals surface area contributed by atoms with E-state index < -0.39 is 42.1 Å². The van der Waals surface area contributed by atoms with Crippen molar-refractivity contribution < 1.29 is 30.2 Å². The number of ether oxygens (including phenoxy) is 2. The second kappa shape index (κ2) is 7.92. The summed E-state index contributed by atoms with van der Waals surface area (Å²) in [4.78, 5) is 17.6. The van der Waals surface area contributed by atoms with E-state index in [0.29, 0.717) is 6.20 Å². The standard InChI is InChI=1S/C18H26F3N3O3/c1-11-10-24(16(25)27-17(3,4)5)14(12(2)26-11)9-23-15-7-6-13(8-22-15)18(19,20)21/h6-8,11-12,14H,9-10H2,1-5H3,(H,22,23)/t11-,12+,14-/m1/s1/i9D2. The third-order valence-corrected chi connectivity index (χ3v) is 3.75. The van der Waals surface area contributed by atoms with Crippen molar-refractivity contribution in [2.24, 2.45) is 0 Å². The third-order valence-electron chi connectivity index (χ3n) is 3.75. The van der Waals surface area contributed by atoms with E-state index in [2.05, 4.69) is 10.3 Å². The van der Waals surface area contributed by atoms with Crippen LogP contribution in [-0.4, -0.2) is 52.9 Å². The van der Waals surface area contributed by atoms with Gasteiger partial charge in [0.25, 0.3) is 0 Å². The number of hydrogen-bond acceptors (Lipinski definition) is 5. The van der Waals surface area contributed by atoms with Gasteiger partial charge in [-0.3, -0.25) is 4.90 Å². The number of nitrogens with one attached hydrogen (secondary N) is 1. The fourth-order valence-corrected chi connectivity index (χ4v) is 2.62. The van der Waals surface area contributed by atoms with E-state index in [1.54, 1.807) is 34.6 Å². The number of pyridine rings is 1. The molecule has 2 rings (SSSR count). The number of carbonyl (C=O) groups is 1. The molecular weight excluding hydrogens is 363 g/mol. The topological polar surface area (TPSA) is 63.7 Å². The van der Waals surface area contributed by atoms with Gasteiger partial charge >= 0.3 is 12.3 Å². The number of morpholine rings is 1. The number of nitrogens with zero attached hydrogens (tertiary/aromatic N) is 2. The van der Waals surface area contributed by atoms with Crippen molar-refractivity contribution in [3.05, 3.63) is 23.9 Å². The Morgan fingerprint density at radius 1 is 1.41 bits per heavy atom. The highest BCUT2D eigenvalue weighted by molar-refractivity contribution is 5.69. The van der Waals surface area contributed by atoms with Gasteiger partial charge in [0.1, 0.15) is 11.4 Å². The van der Waals surface area contributed by atoms with Crippen molar-refractivity contribution in [3.8, 4) is 0 Å². The second-order valence-corrected chi connectivity index (χ2v) is 7.43. The van der Waals surface area contributed by atoms with Crippen LogP contribution in [0.1, 0.15) is 42.9 Å². The summed E-state index contributed by atoms with van der Waals surface area (Å²) in [7, 11) is 0. The normalized spacial score (nSPS) is 25.5. The zero-order chi connectivity index (χ0) is 22.2. The molecule has 6 nitrogen and oxygen atoms in total. The molecule has 2 heterocycles. The van der Waals surface area contributed by atoms with Crippen molar-refractivity contribution in [2.75, 3.05) is 18.4 Å². The Kier molecular flexibility index (Phi) is 5.38. The van der Waals surface area contributed by atoms with Crippen molar-refractivity contribution in [3.63, 3.8) is 0 Å². The van der Waals surface area contributed by atoms with Crippen LogP contribution in [0, 0.1) is 0 Å². The molecule has 1 aromatic rings. The molecule has 1 N–H and O–H groups in total. The zero-order valence-electron chi connectivity index (χ0n) is 17.9. The average molecular weight is 391 g/mol. The lowest BCUT2D eigenvalue weighted by Gasteiger charge is -2.43. The Morgan fingerprint density at radius 3 is 2.59 bits per heavy atom. The number of hydrogen-bond donors (Lipinski definition) is 1. The summed E-state index contributed by atoms with van der Waals surface area (Å²) in [5.41, 5.74) is -1.72. The number of rotatable bonds is 3. The van der Waals surface area contributed by atoms with E-state index in [-0.39, 0.29) is 18.5 Å². The monoisotopic (exact) mass is 391 g/mol. The lowest BCUT2D eigenvalue weighted by molar-refractivity contribution is -0.137. The maximum atomic E-state index is 12.7. The summed E-state index contributed by atoms with van der Waals surface area (Å²) in [5.74, 6) is -0.0991. The molecule has 9 heteroatoms. The molecule has 0 bridgehead atoms. The predicted octanol–water partition coefficient (Wildman–Crippen LogP) is 3.93. The van der Waals surface area contributed by atoms with Gasteiger partial charge in [-0.15, -0.1) is 0 Å². The summed E-state index contributed by atoms with van der Waals surface area (Å²) in [6.45, 7) is 6.32. The van der Waals surface area contributed by atoms with Gasteiger partial charge in [-0.25, -0.2) is 9.78 Å². The minimum absolute atomic E-state index is 0.0991. The molecular formula is C18H26F3N3O3. The van der Waals surface area contributed by atoms with Gasteiger partial charge in [-0.1, -0.05) is 0 Å². The largest absolute Gasteiger partial charge is 0.444 e. The van der Waals surface area contributed by atoms with Crippen LogP contribution < -0.4 is 5.32 Å². The first kappa shape index (κ1) is 18.3. The Labute approximate surface area is 159 Å². The van der Waals surface area contributed by atoms with Gasteiger partial charge in [0.05, 0.1) is 33.1 Å². The molecule has 0 unspecified atom stereocenters. The fraction of sp³-hybridized carbons (Fsp3) is 0.667. The second-order valence-electron chi connectivity index (χ2n) is 7.43. The van der Waals surface area contributed by atoms with Crippen molar-refractivity contribution in [2.45, 2.75) is 64.6 Å². The lowest BCUT2D eigenvalue weighted by atomic mass is 10.1. The lowest BCUT2D eigenvalue weighted by Crippen LogP contribution is -2.58. The molecule has 0 spiro atoms. The Morgan fingerprint density at radius 2 is 2.07 bits per heavy atom. The molecule has 1 fully saturated rings. The van der Waals surface area contributed by atoms with Gasteiger partial charge in [0.15, 0.2) is 0 Å². The van der Waals surface area contributed by atoms with Crippen LogP contribution in [0.25, 0.3) is 0 Å². The molecule has 0 saturated carbocycles. The molecule has 1 saturated heterocycles. The Hall–Kier alpha value is -2.03. The third kappa shape index (κ3) is 5.98. The molecule has 1 aliphatic heterocycles. The first-order valence-corrected chi connectivity index (χ1v) is 8.56. The maximum Gasteiger partial charge on any atom is 0.417 e. The number of amides is 1. The van der Waals surface area contributed by atoms with E-state index in [1.807, 2.05) is 0 Å². The molecule has 0 aromatic carbocycles. The van der Waals surface area contributed by atoms with E-state index >= 15 is 0 Å². The minimum atomic E-state index is -4.54. The van der Waals surface area contributed by atoms with Crippen LogP contribution in [-0.2, 0) is 15.7 Å². The molecule has 152 valence electrons. The summed E-state index contributed by atoms with van der Waals surface area (Å²) in [6.07, 6.45) is -5.67. The van der Waals surface area contributed by atoms with Gasteiger partial charge in [-0.2, -0.15) is 13.2 Å². The Bertz CT molecular complexity index is 724. The Balaban J connectivity index is 2.27. The quantitative estimate of drug-likeness (QED) is 0.846. The van der Waals surface area contributed by atoms with Crippen molar-refractivity contribution in [1.29, 1.82) is 0 Å². The summed E-state index contributed by atoms with van der Waals surface area (Å²) >= 11 is 0. The number of halogens is 3. The number of alkyl halides is 3. The fourth-order valence-electron chi connectivity index (χ4n) is 2.62. The smallest absolute Gasteiger partial charge is 0.417 e. The van der Waals surface area contributed by atoms with Gasteiger partial charge in [-0.05, 0) is 46.8 Å². The maximum absolute atomic E-state index is 12.7. The van der Waals surface area contributed by atoms with Crippen LogP contribution in [0.5, 0.6) is 0 Å². The van der Waals surface area contributed by atoms with E-state index in [1.165, 1.54) is 4.90 Å². The molecule has 3 atom stereocenters. The van der Waals surface area contributed by atoms with Crippen LogP contribution in [0.4, 0.5) is 23.8 Å². The number of anilines is 1. The van der Waals surface area contributed by atoms with Crippen molar-refractivity contribution >= 4 is 11.9 Å². The highest BCUT2D eigenvalue weighted by atomic mass is 19.4. The first-order chi connectivity index (χ1) is 13.1. The highest BCUT2D eigenvalue weighted by Crippen LogP contribution is 2.29. The van der Waals surface area contributed by atoms with Crippen LogP contribution in [0.2, 0.25) is 0 Å². The van der Waals surface area contributed by atoms with Gasteiger partial charge < -0.3 is 14.8 Å². The number of carbonyl (C=O) groups excluding carboxylic acids is 1.